The predicted octanol–water partition coefficient (Wildman–Crippen LogP) is 2.42. The highest BCUT2D eigenvalue weighted by Gasteiger charge is 2.32. The largest absolute Gasteiger partial charge is 0.496 e. The van der Waals surface area contributed by atoms with Crippen LogP contribution in [0.1, 0.15) is 16.6 Å². The number of carbonyl (C=O) groups is 2. The van der Waals surface area contributed by atoms with Crippen molar-refractivity contribution >= 4 is 21.7 Å². The van der Waals surface area contributed by atoms with E-state index in [1.54, 1.807) is 13.2 Å². The van der Waals surface area contributed by atoms with Gasteiger partial charge in [-0.3, -0.25) is 9.59 Å². The molecule has 2 amide bonds. The minimum Gasteiger partial charge on any atom is -0.496 e. The number of sulfone groups is 1. The number of methoxy groups -OCH3 is 1. The molecule has 0 fully saturated rings. The monoisotopic (exact) mass is 474 g/mol. The van der Waals surface area contributed by atoms with Crippen LogP contribution in [0.5, 0.6) is 5.75 Å². The second kappa shape index (κ2) is 10.8. The van der Waals surface area contributed by atoms with E-state index in [0.717, 1.165) is 29.8 Å². The lowest BCUT2D eigenvalue weighted by molar-refractivity contribution is -0.139. The maximum absolute atomic E-state index is 13.2. The lowest BCUT2D eigenvalue weighted by Crippen LogP contribution is -2.42. The summed E-state index contributed by atoms with van der Waals surface area (Å²) in [5.41, 5.74) is 0.865. The molecule has 10 heteroatoms. The number of amides is 2. The number of hydrogen-bond donors (Lipinski definition) is 2. The second-order valence-corrected chi connectivity index (χ2v) is 9.16. The number of halogens is 1. The number of nitrogens with one attached hydrogen (secondary N) is 2. The summed E-state index contributed by atoms with van der Waals surface area (Å²) in [4.78, 5) is 24.3. The number of rotatable bonds is 9. The first-order valence-corrected chi connectivity index (χ1v) is 11.6. The summed E-state index contributed by atoms with van der Waals surface area (Å²) < 4.78 is 49.8. The Kier molecular flexibility index (Phi) is 7.83. The van der Waals surface area contributed by atoms with E-state index in [-0.39, 0.29) is 17.2 Å². The Morgan fingerprint density at radius 1 is 1.00 bits per heavy atom. The van der Waals surface area contributed by atoms with Crippen LogP contribution in [0.3, 0.4) is 0 Å². The van der Waals surface area contributed by atoms with Crippen LogP contribution in [0, 0.1) is 5.82 Å². The van der Waals surface area contributed by atoms with Crippen LogP contribution in [0.25, 0.3) is 0 Å². The van der Waals surface area contributed by atoms with Crippen LogP contribution in [0.2, 0.25) is 0 Å². The van der Waals surface area contributed by atoms with Crippen LogP contribution in [-0.4, -0.2) is 40.4 Å². The zero-order valence-electron chi connectivity index (χ0n) is 17.8. The molecule has 174 valence electrons. The van der Waals surface area contributed by atoms with Gasteiger partial charge in [0, 0.05) is 13.1 Å². The molecule has 0 saturated carbocycles. The van der Waals surface area contributed by atoms with E-state index in [0.29, 0.717) is 12.2 Å². The van der Waals surface area contributed by atoms with Gasteiger partial charge >= 0.3 is 11.8 Å². The SMILES string of the molecule is COc1ccccc1CCNC(=O)C(=O)NC[C@@H](c1ccco1)S(=O)(=O)c1ccc(F)cc1. The molecule has 0 spiro atoms. The molecule has 0 bridgehead atoms. The minimum absolute atomic E-state index is 0.0798. The Balaban J connectivity index is 1.62. The standard InChI is InChI=1S/C23H23FN2O6S/c1-31-19-6-3-2-5-16(19)12-13-25-22(27)23(28)26-15-21(20-7-4-14-32-20)33(29,30)18-10-8-17(24)9-11-18/h2-11,14,21H,12-13,15H2,1H3,(H,25,27)(H,26,28)/t21-/m0/s1. The van der Waals surface area contributed by atoms with Gasteiger partial charge in [0.05, 0.1) is 18.3 Å². The van der Waals surface area contributed by atoms with Crippen LogP contribution in [-0.2, 0) is 25.8 Å². The van der Waals surface area contributed by atoms with E-state index in [2.05, 4.69) is 10.6 Å². The molecule has 2 aromatic carbocycles. The number of carbonyl (C=O) groups excluding carboxylic acids is 2. The number of para-hydroxylation sites is 1. The fraction of sp³-hybridized carbons (Fsp3) is 0.217. The molecular formula is C23H23FN2O6S. The second-order valence-electron chi connectivity index (χ2n) is 7.03. The molecule has 3 aromatic rings. The van der Waals surface area contributed by atoms with E-state index in [1.165, 1.54) is 18.4 Å². The third-order valence-corrected chi connectivity index (χ3v) is 6.98. The highest BCUT2D eigenvalue weighted by molar-refractivity contribution is 7.91. The van der Waals surface area contributed by atoms with E-state index < -0.39 is 39.3 Å². The Bertz CT molecular complexity index is 1190. The van der Waals surface area contributed by atoms with Crippen molar-refractivity contribution in [2.24, 2.45) is 0 Å². The Labute approximate surface area is 190 Å². The quantitative estimate of drug-likeness (QED) is 0.364. The summed E-state index contributed by atoms with van der Waals surface area (Å²) >= 11 is 0. The molecule has 3 rings (SSSR count). The van der Waals surface area contributed by atoms with Crippen LogP contribution in [0.15, 0.2) is 76.2 Å². The van der Waals surface area contributed by atoms with Gasteiger partial charge < -0.3 is 19.8 Å². The number of furan rings is 1. The summed E-state index contributed by atoms with van der Waals surface area (Å²) in [6.45, 7) is -0.228. The third-order valence-electron chi connectivity index (χ3n) is 4.90. The topological polar surface area (TPSA) is 115 Å². The van der Waals surface area contributed by atoms with Gasteiger partial charge in [0.1, 0.15) is 22.6 Å². The zero-order chi connectivity index (χ0) is 23.8. The maximum Gasteiger partial charge on any atom is 0.309 e. The van der Waals surface area contributed by atoms with E-state index in [9.17, 15) is 22.4 Å². The average molecular weight is 475 g/mol. The molecule has 1 atom stereocenters. The Morgan fingerprint density at radius 2 is 1.70 bits per heavy atom. The summed E-state index contributed by atoms with van der Waals surface area (Å²) in [6.07, 6.45) is 1.74. The highest BCUT2D eigenvalue weighted by Crippen LogP contribution is 2.29. The third kappa shape index (κ3) is 5.98. The molecule has 0 aliphatic rings. The first kappa shape index (κ1) is 24.0. The number of benzene rings is 2. The maximum atomic E-state index is 13.2. The molecule has 0 radical (unpaired) electrons. The van der Waals surface area contributed by atoms with Gasteiger partial charge in [-0.2, -0.15) is 0 Å². The van der Waals surface area contributed by atoms with Crippen molar-refractivity contribution < 1.29 is 31.6 Å². The van der Waals surface area contributed by atoms with E-state index in [1.807, 2.05) is 18.2 Å². The fourth-order valence-corrected chi connectivity index (χ4v) is 4.78. The van der Waals surface area contributed by atoms with Gasteiger partial charge in [-0.15, -0.1) is 0 Å². The summed E-state index contributed by atoms with van der Waals surface area (Å²) in [7, 11) is -2.50. The minimum atomic E-state index is -4.04. The lowest BCUT2D eigenvalue weighted by atomic mass is 10.1. The normalized spacial score (nSPS) is 12.1. The fourth-order valence-electron chi connectivity index (χ4n) is 3.19. The molecule has 0 aliphatic carbocycles. The van der Waals surface area contributed by atoms with Crippen molar-refractivity contribution in [2.45, 2.75) is 16.6 Å². The van der Waals surface area contributed by atoms with Gasteiger partial charge in [0.15, 0.2) is 9.84 Å². The molecular weight excluding hydrogens is 451 g/mol. The van der Waals surface area contributed by atoms with Crippen molar-refractivity contribution in [3.8, 4) is 5.75 Å². The zero-order valence-corrected chi connectivity index (χ0v) is 18.6. The van der Waals surface area contributed by atoms with Gasteiger partial charge in [-0.05, 0) is 54.4 Å². The Hall–Kier alpha value is -3.66. The number of ether oxygens (including phenoxy) is 1. The molecule has 33 heavy (non-hydrogen) atoms. The van der Waals surface area contributed by atoms with Crippen molar-refractivity contribution in [3.63, 3.8) is 0 Å². The molecule has 2 N–H and O–H groups in total. The van der Waals surface area contributed by atoms with Crippen molar-refractivity contribution in [3.05, 3.63) is 84.1 Å². The highest BCUT2D eigenvalue weighted by atomic mass is 32.2. The Morgan fingerprint density at radius 3 is 2.36 bits per heavy atom. The number of hydrogen-bond acceptors (Lipinski definition) is 6. The molecule has 1 aromatic heterocycles. The molecule has 1 heterocycles. The van der Waals surface area contributed by atoms with E-state index in [4.69, 9.17) is 9.15 Å². The van der Waals surface area contributed by atoms with Crippen LogP contribution in [0.4, 0.5) is 4.39 Å². The predicted molar refractivity (Wildman–Crippen MR) is 118 cm³/mol. The van der Waals surface area contributed by atoms with Crippen molar-refractivity contribution in [2.75, 3.05) is 20.2 Å². The molecule has 8 nitrogen and oxygen atoms in total. The average Bonchev–Trinajstić information content (AvgIpc) is 3.34. The molecule has 0 unspecified atom stereocenters. The first-order chi connectivity index (χ1) is 15.8. The molecule has 0 saturated heterocycles. The summed E-state index contributed by atoms with van der Waals surface area (Å²) in [5, 5.41) is 3.53. The van der Waals surface area contributed by atoms with Gasteiger partial charge in [-0.1, -0.05) is 18.2 Å². The lowest BCUT2D eigenvalue weighted by Gasteiger charge is -2.16. The van der Waals surface area contributed by atoms with Gasteiger partial charge in [0.2, 0.25) is 0 Å². The van der Waals surface area contributed by atoms with Gasteiger partial charge in [-0.25, -0.2) is 12.8 Å². The van der Waals surface area contributed by atoms with Crippen LogP contribution >= 0.6 is 0 Å². The molecule has 0 aliphatic heterocycles. The summed E-state index contributed by atoms with van der Waals surface area (Å²) in [6, 6.07) is 14.6. The first-order valence-electron chi connectivity index (χ1n) is 10.0. The van der Waals surface area contributed by atoms with Crippen LogP contribution < -0.4 is 15.4 Å². The summed E-state index contributed by atoms with van der Waals surface area (Å²) in [5.74, 6) is -1.72. The smallest absolute Gasteiger partial charge is 0.309 e. The van der Waals surface area contributed by atoms with E-state index >= 15 is 0 Å². The van der Waals surface area contributed by atoms with Gasteiger partial charge in [0.25, 0.3) is 0 Å². The van der Waals surface area contributed by atoms with Crippen molar-refractivity contribution in [1.82, 2.24) is 10.6 Å². The van der Waals surface area contributed by atoms with Crippen molar-refractivity contribution in [1.29, 1.82) is 0 Å².